The van der Waals surface area contributed by atoms with E-state index < -0.39 is 0 Å². The van der Waals surface area contributed by atoms with Crippen LogP contribution in [0, 0.1) is 0 Å². The first-order valence-corrected chi connectivity index (χ1v) is 7.80. The number of imidazole rings is 1. The smallest absolute Gasteiger partial charge is 0.248 e. The molecule has 0 saturated carbocycles. The van der Waals surface area contributed by atoms with Crippen LogP contribution >= 0.6 is 15.9 Å². The summed E-state index contributed by atoms with van der Waals surface area (Å²) in [7, 11) is 0. The van der Waals surface area contributed by atoms with E-state index >= 15 is 0 Å². The van der Waals surface area contributed by atoms with E-state index in [1.54, 1.807) is 4.68 Å². The fourth-order valence-electron chi connectivity index (χ4n) is 2.31. The third-order valence-electron chi connectivity index (χ3n) is 3.36. The highest BCUT2D eigenvalue weighted by Gasteiger charge is 2.08. The van der Waals surface area contributed by atoms with Gasteiger partial charge in [0.25, 0.3) is 0 Å². The molecule has 0 radical (unpaired) electrons. The highest BCUT2D eigenvalue weighted by atomic mass is 79.9. The van der Waals surface area contributed by atoms with Gasteiger partial charge in [0.2, 0.25) is 5.95 Å². The number of nitrogens with zero attached hydrogens (tertiary/aromatic N) is 6. The molecule has 3 heterocycles. The van der Waals surface area contributed by atoms with Crippen LogP contribution in [0.15, 0.2) is 59.3 Å². The maximum atomic E-state index is 4.56. The van der Waals surface area contributed by atoms with Crippen molar-refractivity contribution in [3.8, 4) is 5.69 Å². The molecule has 114 valence electrons. The van der Waals surface area contributed by atoms with Crippen molar-refractivity contribution in [2.24, 2.45) is 0 Å². The molecule has 0 aliphatic heterocycles. The maximum Gasteiger partial charge on any atom is 0.248 e. The number of hydrogen-bond donors (Lipinski definition) is 1. The van der Waals surface area contributed by atoms with Crippen LogP contribution < -0.4 is 5.32 Å². The summed E-state index contributed by atoms with van der Waals surface area (Å²) in [6.45, 7) is 0.534. The van der Waals surface area contributed by atoms with Gasteiger partial charge in [-0.2, -0.15) is 4.68 Å². The van der Waals surface area contributed by atoms with Gasteiger partial charge in [-0.05, 0) is 50.6 Å². The highest BCUT2D eigenvalue weighted by molar-refractivity contribution is 9.10. The van der Waals surface area contributed by atoms with Crippen LogP contribution in [0.3, 0.4) is 0 Å². The van der Waals surface area contributed by atoms with Crippen molar-refractivity contribution < 1.29 is 0 Å². The average molecular weight is 370 g/mol. The van der Waals surface area contributed by atoms with Gasteiger partial charge in [-0.3, -0.25) is 0 Å². The van der Waals surface area contributed by atoms with E-state index in [0.717, 1.165) is 21.5 Å². The molecule has 0 aliphatic rings. The van der Waals surface area contributed by atoms with E-state index in [-0.39, 0.29) is 0 Å². The largest absolute Gasteiger partial charge is 0.347 e. The molecule has 4 rings (SSSR count). The zero-order chi connectivity index (χ0) is 15.6. The third kappa shape index (κ3) is 2.80. The highest BCUT2D eigenvalue weighted by Crippen LogP contribution is 2.14. The molecular formula is C15H12BrN7. The van der Waals surface area contributed by atoms with Crippen LogP contribution in [-0.4, -0.2) is 29.6 Å². The number of para-hydroxylation sites is 1. The van der Waals surface area contributed by atoms with Crippen LogP contribution in [-0.2, 0) is 6.54 Å². The van der Waals surface area contributed by atoms with Gasteiger partial charge in [0.05, 0.1) is 17.9 Å². The van der Waals surface area contributed by atoms with Crippen molar-refractivity contribution in [2.75, 3.05) is 5.32 Å². The van der Waals surface area contributed by atoms with E-state index in [1.807, 2.05) is 59.3 Å². The minimum atomic E-state index is 0.534. The lowest BCUT2D eigenvalue weighted by atomic mass is 10.3. The molecule has 1 N–H and O–H groups in total. The molecule has 0 bridgehead atoms. The van der Waals surface area contributed by atoms with E-state index in [9.17, 15) is 0 Å². The van der Waals surface area contributed by atoms with Gasteiger partial charge in [0, 0.05) is 16.9 Å². The summed E-state index contributed by atoms with van der Waals surface area (Å²) in [5.41, 5.74) is 2.71. The number of pyridine rings is 1. The summed E-state index contributed by atoms with van der Waals surface area (Å²) in [4.78, 5) is 4.56. The Morgan fingerprint density at radius 1 is 1.04 bits per heavy atom. The van der Waals surface area contributed by atoms with Gasteiger partial charge in [0.1, 0.15) is 5.65 Å². The van der Waals surface area contributed by atoms with Crippen molar-refractivity contribution in [3.63, 3.8) is 0 Å². The van der Waals surface area contributed by atoms with E-state index in [4.69, 9.17) is 0 Å². The maximum absolute atomic E-state index is 4.56. The van der Waals surface area contributed by atoms with Crippen molar-refractivity contribution in [1.29, 1.82) is 0 Å². The Morgan fingerprint density at radius 2 is 1.91 bits per heavy atom. The Labute approximate surface area is 140 Å². The van der Waals surface area contributed by atoms with Crippen molar-refractivity contribution in [2.45, 2.75) is 6.54 Å². The second-order valence-corrected chi connectivity index (χ2v) is 5.86. The van der Waals surface area contributed by atoms with Crippen LogP contribution in [0.2, 0.25) is 0 Å². The fraction of sp³-hybridized carbons (Fsp3) is 0.0667. The molecule has 0 saturated heterocycles. The van der Waals surface area contributed by atoms with E-state index in [2.05, 4.69) is 41.8 Å². The van der Waals surface area contributed by atoms with Crippen molar-refractivity contribution >= 4 is 27.5 Å². The molecule has 0 spiro atoms. The first kappa shape index (κ1) is 13.9. The van der Waals surface area contributed by atoms with E-state index in [1.165, 1.54) is 0 Å². The predicted molar refractivity (Wildman–Crippen MR) is 89.4 cm³/mol. The number of halogens is 1. The zero-order valence-corrected chi connectivity index (χ0v) is 13.6. The number of aromatic nitrogens is 6. The minimum Gasteiger partial charge on any atom is -0.347 e. The Balaban J connectivity index is 1.56. The van der Waals surface area contributed by atoms with Gasteiger partial charge in [0.15, 0.2) is 0 Å². The molecule has 3 aromatic heterocycles. The summed E-state index contributed by atoms with van der Waals surface area (Å²) in [5.74, 6) is 0.578. The lowest BCUT2D eigenvalue weighted by Crippen LogP contribution is -2.07. The average Bonchev–Trinajstić information content (AvgIpc) is 3.19. The number of benzene rings is 1. The van der Waals surface area contributed by atoms with Gasteiger partial charge in [-0.1, -0.05) is 23.3 Å². The SMILES string of the molecule is Brc1ccc2nc(CNc3nnnn3-c3ccccc3)cn2c1. The van der Waals surface area contributed by atoms with Crippen molar-refractivity contribution in [1.82, 2.24) is 29.6 Å². The Morgan fingerprint density at radius 3 is 2.78 bits per heavy atom. The van der Waals surface area contributed by atoms with Crippen molar-refractivity contribution in [3.05, 3.63) is 65.0 Å². The molecule has 23 heavy (non-hydrogen) atoms. The molecule has 7 nitrogen and oxygen atoms in total. The van der Waals surface area contributed by atoms with Crippen LogP contribution in [0.25, 0.3) is 11.3 Å². The molecule has 0 fully saturated rings. The summed E-state index contributed by atoms with van der Waals surface area (Å²) in [6, 6.07) is 13.7. The van der Waals surface area contributed by atoms with Crippen LogP contribution in [0.1, 0.15) is 5.69 Å². The number of nitrogens with one attached hydrogen (secondary N) is 1. The molecule has 8 heteroatoms. The summed E-state index contributed by atoms with van der Waals surface area (Å²) in [5, 5.41) is 15.0. The number of rotatable bonds is 4. The molecule has 1 aromatic carbocycles. The van der Waals surface area contributed by atoms with Gasteiger partial charge in [-0.25, -0.2) is 4.98 Å². The summed E-state index contributed by atoms with van der Waals surface area (Å²) >= 11 is 3.45. The number of tetrazole rings is 1. The molecular weight excluding hydrogens is 358 g/mol. The quantitative estimate of drug-likeness (QED) is 0.598. The molecule has 0 aliphatic carbocycles. The summed E-state index contributed by atoms with van der Waals surface area (Å²) in [6.07, 6.45) is 3.95. The van der Waals surface area contributed by atoms with E-state index in [0.29, 0.717) is 12.5 Å². The fourth-order valence-corrected chi connectivity index (χ4v) is 2.67. The lowest BCUT2D eigenvalue weighted by Gasteiger charge is -2.05. The lowest BCUT2D eigenvalue weighted by molar-refractivity contribution is 0.789. The Hall–Kier alpha value is -2.74. The normalized spacial score (nSPS) is 11.0. The zero-order valence-electron chi connectivity index (χ0n) is 12.0. The standard InChI is InChI=1S/C15H12BrN7/c16-11-6-7-14-18-12(10-22(14)9-11)8-17-15-19-20-21-23(15)13-4-2-1-3-5-13/h1-7,9-10H,8H2,(H,17,19,21). The molecule has 0 amide bonds. The van der Waals surface area contributed by atoms with Gasteiger partial charge >= 0.3 is 0 Å². The number of anilines is 1. The van der Waals surface area contributed by atoms with Gasteiger partial charge in [-0.15, -0.1) is 0 Å². The Kier molecular flexibility index (Phi) is 3.51. The molecule has 0 atom stereocenters. The first-order valence-electron chi connectivity index (χ1n) is 7.00. The monoisotopic (exact) mass is 369 g/mol. The second kappa shape index (κ2) is 5.81. The Bertz CT molecular complexity index is 945. The third-order valence-corrected chi connectivity index (χ3v) is 3.83. The number of hydrogen-bond acceptors (Lipinski definition) is 5. The molecule has 4 aromatic rings. The topological polar surface area (TPSA) is 72.9 Å². The summed E-state index contributed by atoms with van der Waals surface area (Å²) < 4.78 is 4.64. The number of fused-ring (bicyclic) bond motifs is 1. The van der Waals surface area contributed by atoms with Crippen LogP contribution in [0.5, 0.6) is 0 Å². The minimum absolute atomic E-state index is 0.534. The predicted octanol–water partition coefficient (Wildman–Crippen LogP) is 2.68. The second-order valence-electron chi connectivity index (χ2n) is 4.95. The van der Waals surface area contributed by atoms with Gasteiger partial charge < -0.3 is 9.72 Å². The molecule has 0 unspecified atom stereocenters. The first-order chi connectivity index (χ1) is 11.3. The van der Waals surface area contributed by atoms with Crippen LogP contribution in [0.4, 0.5) is 5.95 Å².